The molecule has 0 atom stereocenters. The van der Waals surface area contributed by atoms with Crippen molar-refractivity contribution in [3.63, 3.8) is 0 Å². The second kappa shape index (κ2) is 6.49. The Bertz CT molecular complexity index is 873. The number of hydrogen-bond donors (Lipinski definition) is 1. The number of pyridine rings is 1. The van der Waals surface area contributed by atoms with E-state index in [9.17, 15) is 4.79 Å². The van der Waals surface area contributed by atoms with Crippen molar-refractivity contribution in [3.8, 4) is 11.4 Å². The standard InChI is InChI=1S/C17H17N5O2/c1-11-19-16(21-24-11)12-5-4-6-13(9-12)20-17(23)15-10-14(22(2)3)7-8-18-15/h4-10H,1-3H3,(H,20,23). The molecule has 0 bridgehead atoms. The molecule has 7 heteroatoms. The smallest absolute Gasteiger partial charge is 0.274 e. The zero-order chi connectivity index (χ0) is 17.1. The number of rotatable bonds is 4. The van der Waals surface area contributed by atoms with Crippen molar-refractivity contribution < 1.29 is 9.32 Å². The lowest BCUT2D eigenvalue weighted by Crippen LogP contribution is -2.15. The van der Waals surface area contributed by atoms with E-state index in [-0.39, 0.29) is 5.91 Å². The molecule has 0 fully saturated rings. The van der Waals surface area contributed by atoms with Gasteiger partial charge in [-0.05, 0) is 24.3 Å². The van der Waals surface area contributed by atoms with Crippen molar-refractivity contribution >= 4 is 17.3 Å². The molecule has 1 aromatic carbocycles. The summed E-state index contributed by atoms with van der Waals surface area (Å²) in [4.78, 5) is 22.6. The largest absolute Gasteiger partial charge is 0.378 e. The highest BCUT2D eigenvalue weighted by molar-refractivity contribution is 6.03. The average Bonchev–Trinajstić information content (AvgIpc) is 3.02. The van der Waals surface area contributed by atoms with E-state index >= 15 is 0 Å². The molecule has 1 N–H and O–H groups in total. The van der Waals surface area contributed by atoms with E-state index in [0.717, 1.165) is 11.3 Å². The lowest BCUT2D eigenvalue weighted by Gasteiger charge is -2.13. The highest BCUT2D eigenvalue weighted by Crippen LogP contribution is 2.20. The molecule has 0 radical (unpaired) electrons. The Labute approximate surface area is 139 Å². The fourth-order valence-corrected chi connectivity index (χ4v) is 2.17. The number of anilines is 2. The van der Waals surface area contributed by atoms with Crippen LogP contribution in [0.3, 0.4) is 0 Å². The van der Waals surface area contributed by atoms with E-state index < -0.39 is 0 Å². The summed E-state index contributed by atoms with van der Waals surface area (Å²) < 4.78 is 4.98. The van der Waals surface area contributed by atoms with Crippen LogP contribution in [-0.4, -0.2) is 35.1 Å². The number of nitrogens with one attached hydrogen (secondary N) is 1. The zero-order valence-corrected chi connectivity index (χ0v) is 13.6. The van der Waals surface area contributed by atoms with Crippen LogP contribution in [0.25, 0.3) is 11.4 Å². The van der Waals surface area contributed by atoms with Gasteiger partial charge in [-0.3, -0.25) is 9.78 Å². The number of amides is 1. The maximum atomic E-state index is 12.4. The number of carbonyl (C=O) groups is 1. The molecular weight excluding hydrogens is 306 g/mol. The molecule has 3 rings (SSSR count). The second-order valence-corrected chi connectivity index (χ2v) is 5.47. The Morgan fingerprint density at radius 1 is 1.21 bits per heavy atom. The van der Waals surface area contributed by atoms with Gasteiger partial charge in [-0.15, -0.1) is 0 Å². The fraction of sp³-hybridized carbons (Fsp3) is 0.176. The van der Waals surface area contributed by atoms with Crippen molar-refractivity contribution in [3.05, 3.63) is 54.2 Å². The molecule has 0 aliphatic carbocycles. The molecule has 0 saturated heterocycles. The highest BCUT2D eigenvalue weighted by atomic mass is 16.5. The first-order valence-electron chi connectivity index (χ1n) is 7.38. The topological polar surface area (TPSA) is 84.2 Å². The quantitative estimate of drug-likeness (QED) is 0.795. The van der Waals surface area contributed by atoms with Crippen molar-refractivity contribution in [1.82, 2.24) is 15.1 Å². The molecule has 0 saturated carbocycles. The van der Waals surface area contributed by atoms with Gasteiger partial charge in [-0.2, -0.15) is 4.98 Å². The van der Waals surface area contributed by atoms with Gasteiger partial charge in [0.05, 0.1) is 0 Å². The van der Waals surface area contributed by atoms with Crippen LogP contribution >= 0.6 is 0 Å². The molecule has 3 aromatic rings. The molecule has 1 amide bonds. The van der Waals surface area contributed by atoms with E-state index in [4.69, 9.17) is 4.52 Å². The number of carbonyl (C=O) groups excluding carboxylic acids is 1. The van der Waals surface area contributed by atoms with Crippen LogP contribution in [0.5, 0.6) is 0 Å². The number of aryl methyl sites for hydroxylation is 1. The summed E-state index contributed by atoms with van der Waals surface area (Å²) in [6.45, 7) is 1.73. The van der Waals surface area contributed by atoms with Gasteiger partial charge in [0.25, 0.3) is 5.91 Å². The van der Waals surface area contributed by atoms with Crippen LogP contribution < -0.4 is 10.2 Å². The van der Waals surface area contributed by atoms with Gasteiger partial charge < -0.3 is 14.7 Å². The van der Waals surface area contributed by atoms with Crippen LogP contribution in [0.1, 0.15) is 16.4 Å². The Hall–Kier alpha value is -3.22. The van der Waals surface area contributed by atoms with E-state index in [1.54, 1.807) is 31.3 Å². The van der Waals surface area contributed by atoms with E-state index in [1.807, 2.05) is 37.2 Å². The monoisotopic (exact) mass is 323 g/mol. The predicted octanol–water partition coefficient (Wildman–Crippen LogP) is 2.76. The molecule has 0 aliphatic rings. The summed E-state index contributed by atoms with van der Waals surface area (Å²) >= 11 is 0. The van der Waals surface area contributed by atoms with Crippen molar-refractivity contribution in [2.45, 2.75) is 6.92 Å². The number of benzene rings is 1. The third-order valence-corrected chi connectivity index (χ3v) is 3.40. The lowest BCUT2D eigenvalue weighted by molar-refractivity contribution is 0.102. The van der Waals surface area contributed by atoms with Crippen LogP contribution in [-0.2, 0) is 0 Å². The molecular formula is C17H17N5O2. The van der Waals surface area contributed by atoms with Crippen LogP contribution in [0.2, 0.25) is 0 Å². The molecule has 2 heterocycles. The summed E-state index contributed by atoms with van der Waals surface area (Å²) in [5.74, 6) is 0.695. The van der Waals surface area contributed by atoms with Gasteiger partial charge in [-0.25, -0.2) is 0 Å². The van der Waals surface area contributed by atoms with Gasteiger partial charge >= 0.3 is 0 Å². The Morgan fingerprint density at radius 3 is 2.75 bits per heavy atom. The number of aromatic nitrogens is 3. The fourth-order valence-electron chi connectivity index (χ4n) is 2.17. The van der Waals surface area contributed by atoms with Gasteiger partial charge in [0, 0.05) is 44.2 Å². The molecule has 24 heavy (non-hydrogen) atoms. The first kappa shape index (κ1) is 15.7. The third kappa shape index (κ3) is 3.40. The highest BCUT2D eigenvalue weighted by Gasteiger charge is 2.11. The van der Waals surface area contributed by atoms with Crippen molar-refractivity contribution in [1.29, 1.82) is 0 Å². The van der Waals surface area contributed by atoms with E-state index in [0.29, 0.717) is 23.1 Å². The minimum atomic E-state index is -0.278. The summed E-state index contributed by atoms with van der Waals surface area (Å²) in [5, 5.41) is 6.71. The Morgan fingerprint density at radius 2 is 2.04 bits per heavy atom. The molecule has 0 aliphatic heterocycles. The second-order valence-electron chi connectivity index (χ2n) is 5.47. The maximum absolute atomic E-state index is 12.4. The summed E-state index contributed by atoms with van der Waals surface area (Å²) in [6.07, 6.45) is 1.61. The van der Waals surface area contributed by atoms with Gasteiger partial charge in [0.15, 0.2) is 0 Å². The molecule has 0 unspecified atom stereocenters. The van der Waals surface area contributed by atoms with E-state index in [1.165, 1.54) is 0 Å². The average molecular weight is 323 g/mol. The molecule has 2 aromatic heterocycles. The minimum absolute atomic E-state index is 0.278. The van der Waals surface area contributed by atoms with Gasteiger partial charge in [0.1, 0.15) is 5.69 Å². The summed E-state index contributed by atoms with van der Waals surface area (Å²) in [5.41, 5.74) is 2.66. The number of nitrogens with zero attached hydrogens (tertiary/aromatic N) is 4. The summed E-state index contributed by atoms with van der Waals surface area (Å²) in [6, 6.07) is 10.8. The first-order valence-corrected chi connectivity index (χ1v) is 7.38. The minimum Gasteiger partial charge on any atom is -0.378 e. The zero-order valence-electron chi connectivity index (χ0n) is 13.6. The first-order chi connectivity index (χ1) is 11.5. The normalized spacial score (nSPS) is 10.5. The maximum Gasteiger partial charge on any atom is 0.274 e. The van der Waals surface area contributed by atoms with Crippen LogP contribution in [0.15, 0.2) is 47.1 Å². The molecule has 122 valence electrons. The lowest BCUT2D eigenvalue weighted by atomic mass is 10.2. The van der Waals surface area contributed by atoms with E-state index in [2.05, 4.69) is 20.4 Å². The van der Waals surface area contributed by atoms with Crippen LogP contribution in [0, 0.1) is 6.92 Å². The van der Waals surface area contributed by atoms with Gasteiger partial charge in [0.2, 0.25) is 11.7 Å². The predicted molar refractivity (Wildman–Crippen MR) is 91.0 cm³/mol. The third-order valence-electron chi connectivity index (χ3n) is 3.40. The summed E-state index contributed by atoms with van der Waals surface area (Å²) in [7, 11) is 3.82. The SMILES string of the molecule is Cc1nc(-c2cccc(NC(=O)c3cc(N(C)C)ccn3)c2)no1. The molecule has 7 nitrogen and oxygen atoms in total. The van der Waals surface area contributed by atoms with Crippen molar-refractivity contribution in [2.75, 3.05) is 24.3 Å². The Kier molecular flexibility index (Phi) is 4.24. The van der Waals surface area contributed by atoms with Crippen molar-refractivity contribution in [2.24, 2.45) is 0 Å². The molecule has 0 spiro atoms. The van der Waals surface area contributed by atoms with Gasteiger partial charge in [-0.1, -0.05) is 17.3 Å². The van der Waals surface area contributed by atoms with Crippen LogP contribution in [0.4, 0.5) is 11.4 Å². The Balaban J connectivity index is 1.81. The number of hydrogen-bond acceptors (Lipinski definition) is 6.